The Morgan fingerprint density at radius 1 is 0.350 bits per heavy atom. The molecule has 3 aromatic carbocycles. The van der Waals surface area contributed by atoms with Crippen molar-refractivity contribution >= 4 is 58.3 Å². The second kappa shape index (κ2) is 11.4. The lowest BCUT2D eigenvalue weighted by Gasteiger charge is -2.09. The van der Waals surface area contributed by atoms with Crippen LogP contribution in [0.4, 0.5) is 0 Å². The van der Waals surface area contributed by atoms with E-state index in [0.29, 0.717) is 12.1 Å². The number of carbonyl (C=O) groups excluding carboxylic acids is 3. The van der Waals surface area contributed by atoms with E-state index in [1.165, 1.54) is 12.1 Å². The largest absolute Gasteiger partial charge is 0.478 e. The van der Waals surface area contributed by atoms with Gasteiger partial charge in [0.1, 0.15) is 0 Å². The number of carboxylic acid groups (broad SMARTS) is 5. The Kier molecular flexibility index (Phi) is 8.51. The molecule has 0 radical (unpaired) electrons. The highest BCUT2D eigenvalue weighted by atomic mass is 16.4. The van der Waals surface area contributed by atoms with Crippen molar-refractivity contribution in [3.05, 3.63) is 80.9 Å². The minimum Gasteiger partial charge on any atom is -0.478 e. The van der Waals surface area contributed by atoms with E-state index >= 15 is 0 Å². The fraction of sp³-hybridized carbons (Fsp3) is 0. The lowest BCUT2D eigenvalue weighted by Crippen LogP contribution is -2.20. The van der Waals surface area contributed by atoms with Crippen LogP contribution in [0.5, 0.6) is 0 Å². The van der Waals surface area contributed by atoms with Crippen molar-refractivity contribution in [2.24, 2.45) is 17.2 Å². The highest BCUT2D eigenvalue weighted by molar-refractivity contribution is 6.12. The average molecular weight is 555 g/mol. The molecule has 0 aliphatic heterocycles. The number of benzene rings is 3. The molecule has 11 N–H and O–H groups in total. The second-order valence-electron chi connectivity index (χ2n) is 7.70. The zero-order valence-electron chi connectivity index (χ0n) is 19.7. The predicted octanol–water partition coefficient (Wildman–Crippen LogP) is 0.314. The Morgan fingerprint density at radius 2 is 0.525 bits per heavy atom. The molecule has 0 aliphatic carbocycles. The topological polar surface area (TPSA) is 316 Å². The minimum atomic E-state index is -1.62. The van der Waals surface area contributed by atoms with Gasteiger partial charge in [-0.05, 0) is 47.2 Å². The molecular formula is C24H17N3O13. The Morgan fingerprint density at radius 3 is 0.775 bits per heavy atom. The molecule has 0 heterocycles. The molecule has 0 saturated heterocycles. The Bertz CT molecular complexity index is 1440. The molecule has 206 valence electrons. The molecular weight excluding hydrogens is 538 g/mol. The summed E-state index contributed by atoms with van der Waals surface area (Å²) in [6.45, 7) is 0. The van der Waals surface area contributed by atoms with Gasteiger partial charge in [-0.3, -0.25) is 14.4 Å². The van der Waals surface area contributed by atoms with Gasteiger partial charge >= 0.3 is 29.8 Å². The van der Waals surface area contributed by atoms with E-state index in [1.807, 2.05) is 0 Å². The van der Waals surface area contributed by atoms with Gasteiger partial charge < -0.3 is 42.7 Å². The number of primary amides is 3. The predicted molar refractivity (Wildman–Crippen MR) is 131 cm³/mol. The van der Waals surface area contributed by atoms with Gasteiger partial charge in [-0.2, -0.15) is 0 Å². The van der Waals surface area contributed by atoms with Gasteiger partial charge in [0.15, 0.2) is 0 Å². The van der Waals surface area contributed by atoms with Crippen molar-refractivity contribution in [1.29, 1.82) is 0 Å². The summed E-state index contributed by atoms with van der Waals surface area (Å²) >= 11 is 0. The molecule has 0 fully saturated rings. The normalized spacial score (nSPS) is 10.1. The number of carboxylic acids is 5. The Balaban J connectivity index is 0.000000286. The van der Waals surface area contributed by atoms with E-state index in [4.69, 9.17) is 42.7 Å². The fourth-order valence-electron chi connectivity index (χ4n) is 3.45. The van der Waals surface area contributed by atoms with Gasteiger partial charge in [0, 0.05) is 0 Å². The van der Waals surface area contributed by atoms with Crippen LogP contribution in [0.1, 0.15) is 82.9 Å². The third kappa shape index (κ3) is 6.14. The van der Waals surface area contributed by atoms with Gasteiger partial charge in [0.05, 0.1) is 44.5 Å². The van der Waals surface area contributed by atoms with Crippen LogP contribution in [0.2, 0.25) is 0 Å². The van der Waals surface area contributed by atoms with Crippen LogP contribution in [0.3, 0.4) is 0 Å². The molecule has 0 bridgehead atoms. The molecule has 3 rings (SSSR count). The summed E-state index contributed by atoms with van der Waals surface area (Å²) < 4.78 is 0. The number of aromatic carboxylic acids is 5. The quantitative estimate of drug-likeness (QED) is 0.186. The Hall–Kier alpha value is -6.32. The van der Waals surface area contributed by atoms with E-state index in [0.717, 1.165) is 12.1 Å². The summed E-state index contributed by atoms with van der Waals surface area (Å²) in [6, 6.07) is 5.83. The van der Waals surface area contributed by atoms with Gasteiger partial charge in [0.2, 0.25) is 17.7 Å². The number of amides is 3. The molecule has 16 heteroatoms. The molecule has 0 saturated carbocycles. The summed E-state index contributed by atoms with van der Waals surface area (Å²) in [6.07, 6.45) is 0. The number of hydrogen-bond acceptors (Lipinski definition) is 8. The van der Waals surface area contributed by atoms with Gasteiger partial charge in [-0.15, -0.1) is 0 Å². The third-order valence-electron chi connectivity index (χ3n) is 5.22. The first-order chi connectivity index (χ1) is 18.5. The van der Waals surface area contributed by atoms with Crippen molar-refractivity contribution < 1.29 is 63.9 Å². The van der Waals surface area contributed by atoms with E-state index in [2.05, 4.69) is 0 Å². The van der Waals surface area contributed by atoms with Crippen LogP contribution in [0, 0.1) is 0 Å². The molecule has 0 unspecified atom stereocenters. The standard InChI is InChI=1S/C14H10N2O6.C10H7NO7/c15-11(17)7-1-5-3-9(13(19)20)10(14(21)22)4-6(5)2-8(7)12(16)18;11-7(12)3-1-5(9(15)16)6(10(17)18)2-4(3)8(13)14/h1-4H,(H2,15,17)(H2,16,18)(H,19,20)(H,21,22);1-2H,(H2,11,12)(H,13,14)(H,15,16)(H,17,18). The molecule has 40 heavy (non-hydrogen) atoms. The van der Waals surface area contributed by atoms with E-state index in [9.17, 15) is 38.4 Å². The molecule has 3 amide bonds. The van der Waals surface area contributed by atoms with Crippen molar-refractivity contribution in [1.82, 2.24) is 0 Å². The first-order valence-corrected chi connectivity index (χ1v) is 10.3. The molecule has 0 aromatic heterocycles. The van der Waals surface area contributed by atoms with Gasteiger partial charge in [0.25, 0.3) is 0 Å². The van der Waals surface area contributed by atoms with Crippen LogP contribution in [-0.4, -0.2) is 73.1 Å². The third-order valence-corrected chi connectivity index (χ3v) is 5.22. The summed E-state index contributed by atoms with van der Waals surface area (Å²) in [7, 11) is 0. The lowest BCUT2D eigenvalue weighted by atomic mass is 9.95. The second-order valence-corrected chi connectivity index (χ2v) is 7.70. The summed E-state index contributed by atoms with van der Waals surface area (Å²) in [4.78, 5) is 88.5. The Labute approximate surface area is 220 Å². The van der Waals surface area contributed by atoms with Crippen LogP contribution >= 0.6 is 0 Å². The number of fused-ring (bicyclic) bond motifs is 1. The van der Waals surface area contributed by atoms with Crippen molar-refractivity contribution in [2.75, 3.05) is 0 Å². The lowest BCUT2D eigenvalue weighted by molar-refractivity contribution is 0.0648. The molecule has 0 spiro atoms. The van der Waals surface area contributed by atoms with Crippen LogP contribution in [-0.2, 0) is 0 Å². The minimum absolute atomic E-state index is 0.167. The molecule has 0 aliphatic rings. The SMILES string of the molecule is NC(=O)c1cc(C(=O)O)c(C(=O)O)cc1C(=O)O.NC(=O)c1cc2cc(C(=O)O)c(C(=O)O)cc2cc1C(N)=O. The smallest absolute Gasteiger partial charge is 0.336 e. The summed E-state index contributed by atoms with van der Waals surface area (Å²) in [5.41, 5.74) is 11.3. The van der Waals surface area contributed by atoms with Crippen LogP contribution in [0.25, 0.3) is 10.8 Å². The van der Waals surface area contributed by atoms with E-state index < -0.39 is 80.9 Å². The zero-order valence-corrected chi connectivity index (χ0v) is 19.7. The summed E-state index contributed by atoms with van der Waals surface area (Å²) in [5.74, 6) is -10.6. The average Bonchev–Trinajstić information content (AvgIpc) is 2.85. The van der Waals surface area contributed by atoms with E-state index in [1.54, 1.807) is 0 Å². The molecule has 16 nitrogen and oxygen atoms in total. The highest BCUT2D eigenvalue weighted by Gasteiger charge is 2.24. The maximum absolute atomic E-state index is 11.4. The van der Waals surface area contributed by atoms with Crippen molar-refractivity contribution in [2.45, 2.75) is 0 Å². The van der Waals surface area contributed by atoms with Gasteiger partial charge in [-0.1, -0.05) is 0 Å². The molecule has 0 atom stereocenters. The van der Waals surface area contributed by atoms with Crippen molar-refractivity contribution in [3.63, 3.8) is 0 Å². The molecule has 3 aromatic rings. The van der Waals surface area contributed by atoms with Crippen molar-refractivity contribution in [3.8, 4) is 0 Å². The monoisotopic (exact) mass is 555 g/mol. The number of rotatable bonds is 8. The number of carbonyl (C=O) groups is 8. The first kappa shape index (κ1) is 29.9. The first-order valence-electron chi connectivity index (χ1n) is 10.3. The zero-order chi connectivity index (χ0) is 30.6. The van der Waals surface area contributed by atoms with Gasteiger partial charge in [-0.25, -0.2) is 24.0 Å². The number of hydrogen-bond donors (Lipinski definition) is 8. The maximum atomic E-state index is 11.4. The highest BCUT2D eigenvalue weighted by Crippen LogP contribution is 2.25. The number of nitrogens with two attached hydrogens (primary N) is 3. The van der Waals surface area contributed by atoms with E-state index in [-0.39, 0.29) is 21.9 Å². The van der Waals surface area contributed by atoms with Crippen LogP contribution in [0.15, 0.2) is 36.4 Å². The maximum Gasteiger partial charge on any atom is 0.336 e. The van der Waals surface area contributed by atoms with Crippen LogP contribution < -0.4 is 17.2 Å². The summed E-state index contributed by atoms with van der Waals surface area (Å²) in [5, 5.41) is 45.0. The fourth-order valence-corrected chi connectivity index (χ4v) is 3.45.